The fourth-order valence-electron chi connectivity index (χ4n) is 4.46. The molecule has 1 saturated heterocycles. The van der Waals surface area contributed by atoms with Gasteiger partial charge in [-0.15, -0.1) is 0 Å². The Morgan fingerprint density at radius 2 is 1.58 bits per heavy atom. The van der Waals surface area contributed by atoms with Crippen LogP contribution in [0.1, 0.15) is 29.0 Å². The van der Waals surface area contributed by atoms with Gasteiger partial charge in [-0.3, -0.25) is 9.69 Å². The standard InChI is InChI=1S/C27H29FN2O/c28-26-14-8-7-13-23(26)18-30-19-24(22-11-5-2-6-12-22)17-25(20-30)27(31)29-16-15-21-9-3-1-4-10-21/h1-14,24-25H,15-20H2,(H,29,31). The maximum absolute atomic E-state index is 14.2. The minimum Gasteiger partial charge on any atom is -0.355 e. The summed E-state index contributed by atoms with van der Waals surface area (Å²) in [6, 6.07) is 27.4. The van der Waals surface area contributed by atoms with Crippen molar-refractivity contribution in [3.05, 3.63) is 107 Å². The Morgan fingerprint density at radius 3 is 2.32 bits per heavy atom. The van der Waals surface area contributed by atoms with Crippen LogP contribution < -0.4 is 5.32 Å². The molecule has 0 saturated carbocycles. The predicted octanol–water partition coefficient (Wildman–Crippen LogP) is 4.79. The molecule has 160 valence electrons. The highest BCUT2D eigenvalue weighted by Crippen LogP contribution is 2.31. The lowest BCUT2D eigenvalue weighted by Crippen LogP contribution is -2.45. The smallest absolute Gasteiger partial charge is 0.224 e. The van der Waals surface area contributed by atoms with E-state index in [0.29, 0.717) is 25.2 Å². The summed E-state index contributed by atoms with van der Waals surface area (Å²) < 4.78 is 14.2. The van der Waals surface area contributed by atoms with Crippen molar-refractivity contribution in [1.29, 1.82) is 0 Å². The van der Waals surface area contributed by atoms with E-state index in [1.807, 2.05) is 48.5 Å². The molecule has 2 atom stereocenters. The molecule has 0 radical (unpaired) electrons. The number of amides is 1. The largest absolute Gasteiger partial charge is 0.355 e. The molecule has 0 spiro atoms. The van der Waals surface area contributed by atoms with Gasteiger partial charge >= 0.3 is 0 Å². The third-order valence-electron chi connectivity index (χ3n) is 6.08. The Bertz CT molecular complexity index is 977. The Kier molecular flexibility index (Phi) is 7.11. The van der Waals surface area contributed by atoms with Crippen LogP contribution in [0.15, 0.2) is 84.9 Å². The van der Waals surface area contributed by atoms with E-state index in [1.165, 1.54) is 17.2 Å². The molecule has 1 fully saturated rings. The molecule has 1 N–H and O–H groups in total. The van der Waals surface area contributed by atoms with Crippen LogP contribution in [0.5, 0.6) is 0 Å². The normalized spacial score (nSPS) is 19.1. The number of hydrogen-bond acceptors (Lipinski definition) is 2. The lowest BCUT2D eigenvalue weighted by Gasteiger charge is -2.37. The van der Waals surface area contributed by atoms with E-state index in [0.717, 1.165) is 19.4 Å². The first-order valence-corrected chi connectivity index (χ1v) is 11.0. The van der Waals surface area contributed by atoms with Crippen molar-refractivity contribution >= 4 is 5.91 Å². The second-order valence-corrected chi connectivity index (χ2v) is 8.35. The van der Waals surface area contributed by atoms with Gasteiger partial charge in [0.15, 0.2) is 0 Å². The lowest BCUT2D eigenvalue weighted by atomic mass is 9.84. The summed E-state index contributed by atoms with van der Waals surface area (Å²) in [5.41, 5.74) is 3.14. The van der Waals surface area contributed by atoms with Gasteiger partial charge in [-0.25, -0.2) is 4.39 Å². The number of nitrogens with one attached hydrogen (secondary N) is 1. The highest BCUT2D eigenvalue weighted by atomic mass is 19.1. The Morgan fingerprint density at radius 1 is 0.903 bits per heavy atom. The zero-order chi connectivity index (χ0) is 21.5. The molecular formula is C27H29FN2O. The monoisotopic (exact) mass is 416 g/mol. The van der Waals surface area contributed by atoms with Crippen molar-refractivity contribution in [3.8, 4) is 0 Å². The zero-order valence-electron chi connectivity index (χ0n) is 17.7. The SMILES string of the molecule is O=C(NCCc1ccccc1)C1CC(c2ccccc2)CN(Cc2ccccc2F)C1. The van der Waals surface area contributed by atoms with Crippen molar-refractivity contribution < 1.29 is 9.18 Å². The summed E-state index contributed by atoms with van der Waals surface area (Å²) in [6.45, 7) is 2.62. The highest BCUT2D eigenvalue weighted by molar-refractivity contribution is 5.79. The topological polar surface area (TPSA) is 32.3 Å². The Labute approximate surface area is 183 Å². The van der Waals surface area contributed by atoms with Gasteiger partial charge < -0.3 is 5.32 Å². The number of carbonyl (C=O) groups is 1. The predicted molar refractivity (Wildman–Crippen MR) is 122 cm³/mol. The lowest BCUT2D eigenvalue weighted by molar-refractivity contribution is -0.127. The summed E-state index contributed by atoms with van der Waals surface area (Å²) in [5.74, 6) is 0.0522. The summed E-state index contributed by atoms with van der Waals surface area (Å²) >= 11 is 0. The number of benzene rings is 3. The maximum Gasteiger partial charge on any atom is 0.224 e. The number of carbonyl (C=O) groups excluding carboxylic acids is 1. The molecule has 0 aliphatic carbocycles. The van der Waals surface area contributed by atoms with Gasteiger partial charge in [-0.2, -0.15) is 0 Å². The van der Waals surface area contributed by atoms with Gasteiger partial charge in [-0.05, 0) is 36.0 Å². The average Bonchev–Trinajstić information content (AvgIpc) is 2.81. The zero-order valence-corrected chi connectivity index (χ0v) is 17.7. The molecule has 1 aliphatic rings. The molecule has 2 unspecified atom stereocenters. The number of nitrogens with zero attached hydrogens (tertiary/aromatic N) is 1. The fraction of sp³-hybridized carbons (Fsp3) is 0.296. The number of halogens is 1. The molecule has 0 aromatic heterocycles. The van der Waals surface area contributed by atoms with Crippen LogP contribution in [-0.2, 0) is 17.8 Å². The summed E-state index contributed by atoms with van der Waals surface area (Å²) in [6.07, 6.45) is 1.63. The van der Waals surface area contributed by atoms with E-state index >= 15 is 0 Å². The van der Waals surface area contributed by atoms with E-state index in [9.17, 15) is 9.18 Å². The summed E-state index contributed by atoms with van der Waals surface area (Å²) in [5, 5.41) is 3.13. The third-order valence-corrected chi connectivity index (χ3v) is 6.08. The molecule has 1 aliphatic heterocycles. The molecule has 3 nitrogen and oxygen atoms in total. The van der Waals surface area contributed by atoms with E-state index in [-0.39, 0.29) is 23.6 Å². The highest BCUT2D eigenvalue weighted by Gasteiger charge is 2.32. The maximum atomic E-state index is 14.2. The molecule has 1 heterocycles. The molecule has 1 amide bonds. The summed E-state index contributed by atoms with van der Waals surface area (Å²) in [4.78, 5) is 15.2. The molecular weight excluding hydrogens is 387 g/mol. The van der Waals surface area contributed by atoms with Crippen molar-refractivity contribution in [2.75, 3.05) is 19.6 Å². The van der Waals surface area contributed by atoms with Crippen molar-refractivity contribution in [2.24, 2.45) is 5.92 Å². The van der Waals surface area contributed by atoms with Crippen LogP contribution in [0.3, 0.4) is 0 Å². The third kappa shape index (κ3) is 5.80. The van der Waals surface area contributed by atoms with Gasteiger partial charge in [0, 0.05) is 31.7 Å². The first-order valence-electron chi connectivity index (χ1n) is 11.0. The first kappa shape index (κ1) is 21.3. The van der Waals surface area contributed by atoms with Gasteiger partial charge in [0.1, 0.15) is 5.82 Å². The quantitative estimate of drug-likeness (QED) is 0.601. The van der Waals surface area contributed by atoms with E-state index in [2.05, 4.69) is 34.5 Å². The number of likely N-dealkylation sites (tertiary alicyclic amines) is 1. The van der Waals surface area contributed by atoms with Gasteiger partial charge in [0.05, 0.1) is 5.92 Å². The van der Waals surface area contributed by atoms with E-state index in [4.69, 9.17) is 0 Å². The van der Waals surface area contributed by atoms with Crippen LogP contribution >= 0.6 is 0 Å². The number of piperidine rings is 1. The number of rotatable bonds is 7. The number of hydrogen-bond donors (Lipinski definition) is 1. The van der Waals surface area contributed by atoms with Crippen molar-refractivity contribution in [3.63, 3.8) is 0 Å². The van der Waals surface area contributed by atoms with Crippen LogP contribution in [-0.4, -0.2) is 30.4 Å². The molecule has 3 aromatic rings. The van der Waals surface area contributed by atoms with Crippen LogP contribution in [0.25, 0.3) is 0 Å². The summed E-state index contributed by atoms with van der Waals surface area (Å²) in [7, 11) is 0. The fourth-order valence-corrected chi connectivity index (χ4v) is 4.46. The Balaban J connectivity index is 1.43. The molecule has 4 heteroatoms. The second kappa shape index (κ2) is 10.4. The van der Waals surface area contributed by atoms with E-state index < -0.39 is 0 Å². The average molecular weight is 417 g/mol. The minimum absolute atomic E-state index is 0.0927. The van der Waals surface area contributed by atoms with Gasteiger partial charge in [0.25, 0.3) is 0 Å². The van der Waals surface area contributed by atoms with Crippen LogP contribution in [0.4, 0.5) is 4.39 Å². The van der Waals surface area contributed by atoms with E-state index in [1.54, 1.807) is 6.07 Å². The Hall–Kier alpha value is -2.98. The second-order valence-electron chi connectivity index (χ2n) is 8.35. The van der Waals surface area contributed by atoms with Crippen molar-refractivity contribution in [1.82, 2.24) is 10.2 Å². The van der Waals surface area contributed by atoms with Gasteiger partial charge in [-0.1, -0.05) is 78.9 Å². The molecule has 0 bridgehead atoms. The van der Waals surface area contributed by atoms with Crippen molar-refractivity contribution in [2.45, 2.75) is 25.3 Å². The van der Waals surface area contributed by atoms with Crippen LogP contribution in [0.2, 0.25) is 0 Å². The molecule has 4 rings (SSSR count). The molecule has 3 aromatic carbocycles. The minimum atomic E-state index is -0.187. The first-order chi connectivity index (χ1) is 15.2. The van der Waals surface area contributed by atoms with Gasteiger partial charge in [0.2, 0.25) is 5.91 Å². The van der Waals surface area contributed by atoms with Crippen LogP contribution in [0, 0.1) is 11.7 Å². The molecule has 31 heavy (non-hydrogen) atoms.